The number of nitrogens with one attached hydrogen (secondary N) is 1. The molecule has 3 aromatic rings. The van der Waals surface area contributed by atoms with Gasteiger partial charge in [-0.3, -0.25) is 29.4 Å². The Balaban J connectivity index is 1.41. The van der Waals surface area contributed by atoms with Gasteiger partial charge in [0.05, 0.1) is 22.0 Å². The second-order valence-corrected chi connectivity index (χ2v) is 10.3. The number of anilines is 1. The molecule has 1 fully saturated rings. The molecule has 0 unspecified atom stereocenters. The van der Waals surface area contributed by atoms with Crippen LogP contribution in [-0.2, 0) is 16.2 Å². The Labute approximate surface area is 240 Å². The molecule has 200 valence electrons. The molecule has 0 atom stereocenters. The van der Waals surface area contributed by atoms with Gasteiger partial charge in [-0.25, -0.2) is 0 Å². The zero-order chi connectivity index (χ0) is 28.1. The number of non-ortho nitro benzene ring substituents is 1. The average Bonchev–Trinajstić information content (AvgIpc) is 3.17. The Morgan fingerprint density at radius 3 is 2.54 bits per heavy atom. The number of methoxy groups -OCH3 is 1. The molecule has 3 aromatic carbocycles. The summed E-state index contributed by atoms with van der Waals surface area (Å²) >= 11 is 10.0. The van der Waals surface area contributed by atoms with Gasteiger partial charge in [0.15, 0.2) is 11.5 Å². The predicted octanol–water partition coefficient (Wildman–Crippen LogP) is 6.27. The largest absolute Gasteiger partial charge is 0.493 e. The molecule has 3 amide bonds. The molecule has 0 aromatic heterocycles. The fourth-order valence-electron chi connectivity index (χ4n) is 3.47. The number of rotatable bonds is 9. The highest BCUT2D eigenvalue weighted by Crippen LogP contribution is 2.35. The van der Waals surface area contributed by atoms with Gasteiger partial charge in [0, 0.05) is 22.3 Å². The number of amides is 3. The highest BCUT2D eigenvalue weighted by atomic mass is 79.9. The SMILES string of the molecule is COc1cc(/C=C2/SC(=O)N(CC(=O)Nc3ccc(Br)c(Cl)c3)C2=O)ccc1OCc1ccc([N+](=O)[O-])cc1. The molecule has 0 saturated carbocycles. The van der Waals surface area contributed by atoms with Crippen molar-refractivity contribution in [1.82, 2.24) is 4.90 Å². The summed E-state index contributed by atoms with van der Waals surface area (Å²) in [6.07, 6.45) is 1.53. The van der Waals surface area contributed by atoms with Crippen molar-refractivity contribution >= 4 is 73.8 Å². The molecule has 0 bridgehead atoms. The number of carbonyl (C=O) groups excluding carboxylic acids is 3. The number of hydrogen-bond acceptors (Lipinski definition) is 8. The van der Waals surface area contributed by atoms with Crippen molar-refractivity contribution in [2.45, 2.75) is 6.61 Å². The lowest BCUT2D eigenvalue weighted by Gasteiger charge is -2.13. The summed E-state index contributed by atoms with van der Waals surface area (Å²) in [4.78, 5) is 49.1. The molecule has 10 nitrogen and oxygen atoms in total. The van der Waals surface area contributed by atoms with E-state index >= 15 is 0 Å². The van der Waals surface area contributed by atoms with Crippen LogP contribution in [0.3, 0.4) is 0 Å². The summed E-state index contributed by atoms with van der Waals surface area (Å²) in [5.41, 5.74) is 1.72. The number of ether oxygens (including phenoxy) is 2. The number of thioether (sulfide) groups is 1. The highest BCUT2D eigenvalue weighted by Gasteiger charge is 2.36. The van der Waals surface area contributed by atoms with Crippen LogP contribution in [0, 0.1) is 10.1 Å². The first-order chi connectivity index (χ1) is 18.6. The van der Waals surface area contributed by atoms with Crippen LogP contribution in [0.25, 0.3) is 6.08 Å². The summed E-state index contributed by atoms with van der Waals surface area (Å²) < 4.78 is 11.9. The summed E-state index contributed by atoms with van der Waals surface area (Å²) in [6, 6.07) is 15.8. The predicted molar refractivity (Wildman–Crippen MR) is 151 cm³/mol. The molecule has 0 spiro atoms. The number of hydrogen-bond donors (Lipinski definition) is 1. The minimum absolute atomic E-state index is 0.0137. The van der Waals surface area contributed by atoms with Crippen molar-refractivity contribution in [1.29, 1.82) is 0 Å². The summed E-state index contributed by atoms with van der Waals surface area (Å²) in [7, 11) is 1.46. The fraction of sp³-hybridized carbons (Fsp3) is 0.115. The van der Waals surface area contributed by atoms with Crippen LogP contribution in [0.2, 0.25) is 5.02 Å². The summed E-state index contributed by atoms with van der Waals surface area (Å²) in [6.45, 7) is -0.296. The van der Waals surface area contributed by atoms with E-state index in [9.17, 15) is 24.5 Å². The van der Waals surface area contributed by atoms with E-state index < -0.39 is 28.5 Å². The van der Waals surface area contributed by atoms with E-state index in [0.717, 1.165) is 22.2 Å². The van der Waals surface area contributed by atoms with Crippen LogP contribution in [0.4, 0.5) is 16.2 Å². The quantitative estimate of drug-likeness (QED) is 0.166. The second-order valence-electron chi connectivity index (χ2n) is 8.07. The van der Waals surface area contributed by atoms with E-state index in [0.29, 0.717) is 32.2 Å². The first-order valence-corrected chi connectivity index (χ1v) is 13.2. The van der Waals surface area contributed by atoms with Crippen molar-refractivity contribution in [3.63, 3.8) is 0 Å². The molecule has 1 aliphatic rings. The molecule has 1 N–H and O–H groups in total. The lowest BCUT2D eigenvalue weighted by Crippen LogP contribution is -2.36. The minimum Gasteiger partial charge on any atom is -0.493 e. The topological polar surface area (TPSA) is 128 Å². The number of halogens is 2. The van der Waals surface area contributed by atoms with E-state index in [-0.39, 0.29) is 17.2 Å². The first-order valence-electron chi connectivity index (χ1n) is 11.2. The maximum atomic E-state index is 12.9. The Hall–Kier alpha value is -3.87. The van der Waals surface area contributed by atoms with Gasteiger partial charge in [-0.2, -0.15) is 0 Å². The van der Waals surface area contributed by atoms with E-state index in [1.807, 2.05) is 0 Å². The zero-order valence-electron chi connectivity index (χ0n) is 20.2. The van der Waals surface area contributed by atoms with Gasteiger partial charge >= 0.3 is 0 Å². The molecule has 0 radical (unpaired) electrons. The maximum absolute atomic E-state index is 12.9. The van der Waals surface area contributed by atoms with Crippen molar-refractivity contribution in [2.75, 3.05) is 19.0 Å². The van der Waals surface area contributed by atoms with Crippen LogP contribution in [-0.4, -0.2) is 40.5 Å². The Morgan fingerprint density at radius 2 is 1.87 bits per heavy atom. The zero-order valence-corrected chi connectivity index (χ0v) is 23.3. The first kappa shape index (κ1) is 28.1. The van der Waals surface area contributed by atoms with Crippen LogP contribution < -0.4 is 14.8 Å². The highest BCUT2D eigenvalue weighted by molar-refractivity contribution is 9.10. The van der Waals surface area contributed by atoms with Gasteiger partial charge in [-0.05, 0) is 87.4 Å². The number of nitro groups is 1. The molecule has 1 heterocycles. The monoisotopic (exact) mass is 631 g/mol. The summed E-state index contributed by atoms with van der Waals surface area (Å²) in [5, 5.41) is 13.3. The molecule has 39 heavy (non-hydrogen) atoms. The van der Waals surface area contributed by atoms with Crippen LogP contribution in [0.15, 0.2) is 70.0 Å². The fourth-order valence-corrected chi connectivity index (χ4v) is 4.74. The van der Waals surface area contributed by atoms with Gasteiger partial charge in [-0.1, -0.05) is 17.7 Å². The van der Waals surface area contributed by atoms with Crippen molar-refractivity contribution in [3.8, 4) is 11.5 Å². The second kappa shape index (κ2) is 12.3. The van der Waals surface area contributed by atoms with E-state index in [1.54, 1.807) is 48.5 Å². The van der Waals surface area contributed by atoms with E-state index in [1.165, 1.54) is 25.3 Å². The third-order valence-corrected chi connectivity index (χ3v) is 7.55. The van der Waals surface area contributed by atoms with Gasteiger partial charge in [0.25, 0.3) is 16.8 Å². The van der Waals surface area contributed by atoms with Crippen LogP contribution >= 0.6 is 39.3 Å². The Kier molecular flexibility index (Phi) is 8.90. The molecular formula is C26H19BrClN3O7S. The van der Waals surface area contributed by atoms with Gasteiger partial charge in [-0.15, -0.1) is 0 Å². The number of carbonyl (C=O) groups is 3. The van der Waals surface area contributed by atoms with E-state index in [2.05, 4.69) is 21.2 Å². The van der Waals surface area contributed by atoms with Gasteiger partial charge in [0.1, 0.15) is 13.2 Å². The Bertz CT molecular complexity index is 1500. The Morgan fingerprint density at radius 1 is 1.13 bits per heavy atom. The smallest absolute Gasteiger partial charge is 0.294 e. The standard InChI is InChI=1S/C26H19BrClN3O7S/c1-37-22-10-16(4-9-21(22)38-14-15-2-6-18(7-3-15)31(35)36)11-23-25(33)30(26(34)39-23)13-24(32)29-17-5-8-19(27)20(28)12-17/h2-12H,13-14H2,1H3,(H,29,32)/b23-11+. The summed E-state index contributed by atoms with van der Waals surface area (Å²) in [5.74, 6) is -0.331. The third-order valence-electron chi connectivity index (χ3n) is 5.41. The molecule has 1 aliphatic heterocycles. The number of nitro benzene ring substituents is 1. The van der Waals surface area contributed by atoms with Crippen molar-refractivity contribution in [3.05, 3.63) is 96.3 Å². The van der Waals surface area contributed by atoms with Crippen molar-refractivity contribution < 1.29 is 28.8 Å². The van der Waals surface area contributed by atoms with Gasteiger partial charge < -0.3 is 14.8 Å². The van der Waals surface area contributed by atoms with Crippen LogP contribution in [0.1, 0.15) is 11.1 Å². The molecule has 0 aliphatic carbocycles. The molecule has 13 heteroatoms. The van der Waals surface area contributed by atoms with Gasteiger partial charge in [0.2, 0.25) is 5.91 Å². The maximum Gasteiger partial charge on any atom is 0.294 e. The minimum atomic E-state index is -0.591. The molecular weight excluding hydrogens is 614 g/mol. The lowest BCUT2D eigenvalue weighted by atomic mass is 10.1. The van der Waals surface area contributed by atoms with Crippen molar-refractivity contribution in [2.24, 2.45) is 0 Å². The normalized spacial score (nSPS) is 14.0. The van der Waals surface area contributed by atoms with Crippen LogP contribution in [0.5, 0.6) is 11.5 Å². The molecule has 1 saturated heterocycles. The number of imide groups is 1. The molecule has 4 rings (SSSR count). The lowest BCUT2D eigenvalue weighted by molar-refractivity contribution is -0.384. The average molecular weight is 633 g/mol. The number of nitrogens with zero attached hydrogens (tertiary/aromatic N) is 2. The van der Waals surface area contributed by atoms with E-state index in [4.69, 9.17) is 21.1 Å². The third kappa shape index (κ3) is 6.96. The number of benzene rings is 3.